The van der Waals surface area contributed by atoms with Gasteiger partial charge in [-0.3, -0.25) is 9.59 Å². The molecule has 0 aliphatic carbocycles. The number of hydrogen-bond acceptors (Lipinski definition) is 5. The third kappa shape index (κ3) is 4.62. The Bertz CT molecular complexity index is 853. The highest BCUT2D eigenvalue weighted by molar-refractivity contribution is 6.00. The van der Waals surface area contributed by atoms with E-state index in [1.165, 1.54) is 14.2 Å². The number of amides is 2. The molecule has 29 heavy (non-hydrogen) atoms. The van der Waals surface area contributed by atoms with Crippen molar-refractivity contribution < 1.29 is 23.8 Å². The van der Waals surface area contributed by atoms with E-state index < -0.39 is 0 Å². The maximum Gasteiger partial charge on any atom is 0.261 e. The summed E-state index contributed by atoms with van der Waals surface area (Å²) in [5, 5.41) is 2.94. The molecule has 0 spiro atoms. The summed E-state index contributed by atoms with van der Waals surface area (Å²) >= 11 is 0. The van der Waals surface area contributed by atoms with Crippen molar-refractivity contribution in [2.75, 3.05) is 39.7 Å². The van der Waals surface area contributed by atoms with Gasteiger partial charge in [0.05, 0.1) is 21.3 Å². The lowest BCUT2D eigenvalue weighted by Gasteiger charge is -2.32. The van der Waals surface area contributed by atoms with Gasteiger partial charge in [-0.15, -0.1) is 0 Å². The summed E-state index contributed by atoms with van der Waals surface area (Å²) in [6, 6.07) is 12.5. The molecule has 0 aromatic heterocycles. The molecule has 2 amide bonds. The molecule has 0 bridgehead atoms. The van der Waals surface area contributed by atoms with Crippen molar-refractivity contribution >= 4 is 17.5 Å². The fourth-order valence-electron chi connectivity index (χ4n) is 3.51. The SMILES string of the molecule is COc1cccc(NC(=O)C2CCN(C(=O)c3c(OC)cccc3OC)CC2)c1. The monoisotopic (exact) mass is 398 g/mol. The zero-order chi connectivity index (χ0) is 20.8. The van der Waals surface area contributed by atoms with E-state index in [1.807, 2.05) is 18.2 Å². The summed E-state index contributed by atoms with van der Waals surface area (Å²) in [7, 11) is 4.64. The number of benzene rings is 2. The van der Waals surface area contributed by atoms with E-state index in [4.69, 9.17) is 14.2 Å². The maximum absolute atomic E-state index is 13.0. The molecule has 1 aliphatic heterocycles. The maximum atomic E-state index is 13.0. The van der Waals surface area contributed by atoms with Gasteiger partial charge in [-0.2, -0.15) is 0 Å². The molecular formula is C22H26N2O5. The largest absolute Gasteiger partial charge is 0.497 e. The third-order valence-electron chi connectivity index (χ3n) is 5.13. The number of methoxy groups -OCH3 is 3. The first-order valence-corrected chi connectivity index (χ1v) is 9.52. The molecule has 1 N–H and O–H groups in total. The van der Waals surface area contributed by atoms with Crippen molar-refractivity contribution in [2.24, 2.45) is 5.92 Å². The summed E-state index contributed by atoms with van der Waals surface area (Å²) in [6.07, 6.45) is 1.19. The zero-order valence-corrected chi connectivity index (χ0v) is 16.9. The number of ether oxygens (including phenoxy) is 3. The van der Waals surface area contributed by atoms with Crippen molar-refractivity contribution in [2.45, 2.75) is 12.8 Å². The summed E-state index contributed by atoms with van der Waals surface area (Å²) in [5.41, 5.74) is 1.11. The van der Waals surface area contributed by atoms with Crippen molar-refractivity contribution in [1.82, 2.24) is 4.90 Å². The van der Waals surface area contributed by atoms with Crippen molar-refractivity contribution in [3.05, 3.63) is 48.0 Å². The first-order chi connectivity index (χ1) is 14.1. The van der Waals surface area contributed by atoms with Crippen LogP contribution in [-0.2, 0) is 4.79 Å². The van der Waals surface area contributed by atoms with Gasteiger partial charge >= 0.3 is 0 Å². The quantitative estimate of drug-likeness (QED) is 0.809. The fraction of sp³-hybridized carbons (Fsp3) is 0.364. The molecule has 0 atom stereocenters. The number of piperidine rings is 1. The van der Waals surface area contributed by atoms with Gasteiger partial charge < -0.3 is 24.4 Å². The lowest BCUT2D eigenvalue weighted by atomic mass is 9.95. The molecule has 0 radical (unpaired) electrons. The fourth-order valence-corrected chi connectivity index (χ4v) is 3.51. The van der Waals surface area contributed by atoms with Crippen LogP contribution in [0.5, 0.6) is 17.2 Å². The topological polar surface area (TPSA) is 77.1 Å². The average molecular weight is 398 g/mol. The van der Waals surface area contributed by atoms with Gasteiger partial charge in [0, 0.05) is 30.8 Å². The zero-order valence-electron chi connectivity index (χ0n) is 16.9. The van der Waals surface area contributed by atoms with Crippen LogP contribution >= 0.6 is 0 Å². The van der Waals surface area contributed by atoms with Gasteiger partial charge in [0.15, 0.2) is 0 Å². The van der Waals surface area contributed by atoms with Crippen LogP contribution in [0.25, 0.3) is 0 Å². The van der Waals surface area contributed by atoms with Crippen molar-refractivity contribution in [3.8, 4) is 17.2 Å². The Labute approximate surface area is 170 Å². The molecule has 1 heterocycles. The first kappa shape index (κ1) is 20.5. The minimum Gasteiger partial charge on any atom is -0.497 e. The number of carbonyl (C=O) groups excluding carboxylic acids is 2. The number of nitrogens with zero attached hydrogens (tertiary/aromatic N) is 1. The lowest BCUT2D eigenvalue weighted by Crippen LogP contribution is -2.41. The van der Waals surface area contributed by atoms with Gasteiger partial charge in [0.25, 0.3) is 5.91 Å². The average Bonchev–Trinajstić information content (AvgIpc) is 2.78. The minimum absolute atomic E-state index is 0.0415. The Kier molecular flexibility index (Phi) is 6.59. The molecule has 0 saturated carbocycles. The second-order valence-electron chi connectivity index (χ2n) is 6.83. The Morgan fingerprint density at radius 1 is 0.931 bits per heavy atom. The van der Waals surface area contributed by atoms with Crippen LogP contribution in [0.15, 0.2) is 42.5 Å². The Morgan fingerprint density at radius 3 is 2.14 bits per heavy atom. The molecule has 7 nitrogen and oxygen atoms in total. The summed E-state index contributed by atoms with van der Waals surface area (Å²) in [5.74, 6) is 1.31. The molecule has 7 heteroatoms. The summed E-state index contributed by atoms with van der Waals surface area (Å²) < 4.78 is 15.9. The van der Waals surface area contributed by atoms with Gasteiger partial charge in [-0.25, -0.2) is 0 Å². The Hall–Kier alpha value is -3.22. The van der Waals surface area contributed by atoms with Crippen LogP contribution in [0, 0.1) is 5.92 Å². The minimum atomic E-state index is -0.148. The number of rotatable bonds is 6. The highest BCUT2D eigenvalue weighted by atomic mass is 16.5. The van der Waals surface area contributed by atoms with Gasteiger partial charge in [-0.1, -0.05) is 12.1 Å². The number of nitrogens with one attached hydrogen (secondary N) is 1. The molecule has 2 aromatic carbocycles. The van der Waals surface area contributed by atoms with Gasteiger partial charge in [-0.05, 0) is 37.1 Å². The van der Waals surface area contributed by atoms with E-state index in [0.717, 1.165) is 0 Å². The van der Waals surface area contributed by atoms with Gasteiger partial charge in [0.1, 0.15) is 22.8 Å². The predicted molar refractivity (Wildman–Crippen MR) is 110 cm³/mol. The van der Waals surface area contributed by atoms with Crippen LogP contribution in [0.4, 0.5) is 5.69 Å². The number of anilines is 1. The second-order valence-corrected chi connectivity index (χ2v) is 6.83. The molecule has 3 rings (SSSR count). The Balaban J connectivity index is 1.63. The molecule has 1 saturated heterocycles. The molecule has 1 aliphatic rings. The van der Waals surface area contributed by atoms with E-state index in [1.54, 1.807) is 36.3 Å². The standard InChI is InChI=1S/C22H26N2O5/c1-27-17-7-4-6-16(14-17)23-21(25)15-10-12-24(13-11-15)22(26)20-18(28-2)8-5-9-19(20)29-3/h4-9,14-15H,10-13H2,1-3H3,(H,23,25). The van der Waals surface area contributed by atoms with Crippen LogP contribution in [0.2, 0.25) is 0 Å². The number of hydrogen-bond donors (Lipinski definition) is 1. The molecule has 0 unspecified atom stereocenters. The van der Waals surface area contributed by atoms with Crippen LogP contribution in [0.1, 0.15) is 23.2 Å². The number of likely N-dealkylation sites (tertiary alicyclic amines) is 1. The van der Waals surface area contributed by atoms with E-state index in [-0.39, 0.29) is 17.7 Å². The normalized spacial score (nSPS) is 14.2. The smallest absolute Gasteiger partial charge is 0.261 e. The van der Waals surface area contributed by atoms with Crippen LogP contribution < -0.4 is 19.5 Å². The van der Waals surface area contributed by atoms with Crippen LogP contribution in [-0.4, -0.2) is 51.1 Å². The number of carbonyl (C=O) groups is 2. The van der Waals surface area contributed by atoms with Crippen molar-refractivity contribution in [1.29, 1.82) is 0 Å². The molecular weight excluding hydrogens is 372 g/mol. The summed E-state index contributed by atoms with van der Waals surface area (Å²) in [6.45, 7) is 0.993. The second kappa shape index (κ2) is 9.32. The van der Waals surface area contributed by atoms with E-state index in [2.05, 4.69) is 5.32 Å². The van der Waals surface area contributed by atoms with E-state index >= 15 is 0 Å². The Morgan fingerprint density at radius 2 is 1.55 bits per heavy atom. The van der Waals surface area contributed by atoms with Gasteiger partial charge in [0.2, 0.25) is 5.91 Å². The third-order valence-corrected chi connectivity index (χ3v) is 5.13. The van der Waals surface area contributed by atoms with Crippen LogP contribution in [0.3, 0.4) is 0 Å². The molecule has 154 valence electrons. The molecule has 2 aromatic rings. The lowest BCUT2D eigenvalue weighted by molar-refractivity contribution is -0.121. The van der Waals surface area contributed by atoms with E-state index in [0.29, 0.717) is 54.4 Å². The van der Waals surface area contributed by atoms with E-state index in [9.17, 15) is 9.59 Å². The predicted octanol–water partition coefficient (Wildman–Crippen LogP) is 3.20. The first-order valence-electron chi connectivity index (χ1n) is 9.52. The van der Waals surface area contributed by atoms with Crippen molar-refractivity contribution in [3.63, 3.8) is 0 Å². The highest BCUT2D eigenvalue weighted by Gasteiger charge is 2.30. The highest BCUT2D eigenvalue weighted by Crippen LogP contribution is 2.31. The summed E-state index contributed by atoms with van der Waals surface area (Å²) in [4.78, 5) is 27.4. The molecule has 1 fully saturated rings.